The Kier molecular flexibility index (Phi) is 10.5. The van der Waals surface area contributed by atoms with E-state index in [4.69, 9.17) is 25.8 Å². The van der Waals surface area contributed by atoms with Crippen LogP contribution in [-0.4, -0.2) is 49.2 Å². The van der Waals surface area contributed by atoms with Crippen molar-refractivity contribution in [1.82, 2.24) is 0 Å². The van der Waals surface area contributed by atoms with E-state index in [9.17, 15) is 24.3 Å². The van der Waals surface area contributed by atoms with Crippen LogP contribution in [0.2, 0.25) is 0 Å². The number of hydrogen-bond donors (Lipinski definition) is 1. The lowest BCUT2D eigenvalue weighted by Crippen LogP contribution is -2.48. The zero-order valence-corrected chi connectivity index (χ0v) is 22.9. The summed E-state index contributed by atoms with van der Waals surface area (Å²) in [5.41, 5.74) is 0.881. The van der Waals surface area contributed by atoms with E-state index in [2.05, 4.69) is 4.74 Å². The average molecular weight is 561 g/mol. The lowest BCUT2D eigenvalue weighted by molar-refractivity contribution is -0.176. The first-order chi connectivity index (χ1) is 18.6. The summed E-state index contributed by atoms with van der Waals surface area (Å²) in [4.78, 5) is 47.8. The minimum atomic E-state index is -1.08. The number of aliphatic hydroxyl groups excluding tert-OH is 1. The summed E-state index contributed by atoms with van der Waals surface area (Å²) in [6.45, 7) is 3.52. The van der Waals surface area contributed by atoms with Crippen molar-refractivity contribution in [1.29, 1.82) is 0 Å². The van der Waals surface area contributed by atoms with Crippen molar-refractivity contribution in [2.75, 3.05) is 20.2 Å². The van der Waals surface area contributed by atoms with Crippen molar-refractivity contribution in [3.05, 3.63) is 65.3 Å². The Morgan fingerprint density at radius 1 is 1.00 bits per heavy atom. The van der Waals surface area contributed by atoms with Gasteiger partial charge in [-0.3, -0.25) is 14.4 Å². The quantitative estimate of drug-likeness (QED) is 0.249. The van der Waals surface area contributed by atoms with E-state index < -0.39 is 48.8 Å². The highest BCUT2D eigenvalue weighted by Crippen LogP contribution is 2.53. The van der Waals surface area contributed by atoms with Crippen LogP contribution < -0.4 is 0 Å². The first-order valence-electron chi connectivity index (χ1n) is 12.6. The van der Waals surface area contributed by atoms with Gasteiger partial charge in [0.1, 0.15) is 0 Å². The van der Waals surface area contributed by atoms with Gasteiger partial charge in [0, 0.05) is 31.4 Å². The molecule has 1 aromatic carbocycles. The zero-order valence-electron chi connectivity index (χ0n) is 22.2. The third kappa shape index (κ3) is 7.58. The Bertz CT molecular complexity index is 1170. The molecule has 4 atom stereocenters. The molecule has 9 nitrogen and oxygen atoms in total. The second kappa shape index (κ2) is 13.6. The van der Waals surface area contributed by atoms with E-state index in [-0.39, 0.29) is 24.0 Å². The minimum Gasteiger partial charge on any atom is -0.428 e. The largest absolute Gasteiger partial charge is 0.428 e. The summed E-state index contributed by atoms with van der Waals surface area (Å²) in [6.07, 6.45) is 9.51. The van der Waals surface area contributed by atoms with Crippen molar-refractivity contribution in [2.45, 2.75) is 40.0 Å². The number of aliphatic hydroxyl groups is 1. The topological polar surface area (TPSA) is 125 Å². The molecule has 10 heteroatoms. The number of halogens is 1. The van der Waals surface area contributed by atoms with Gasteiger partial charge in [-0.1, -0.05) is 53.6 Å². The zero-order chi connectivity index (χ0) is 28.6. The number of carbonyl (C=O) groups excluding carboxylic acids is 4. The van der Waals surface area contributed by atoms with E-state index in [0.717, 1.165) is 5.57 Å². The molecule has 2 aliphatic carbocycles. The number of fused-ring (bicyclic) bond motifs is 1. The summed E-state index contributed by atoms with van der Waals surface area (Å²) in [5, 5.41) is 9.83. The Labute approximate surface area is 232 Å². The number of allylic oxidation sites excluding steroid dienone is 4. The molecule has 210 valence electrons. The van der Waals surface area contributed by atoms with Crippen LogP contribution in [-0.2, 0) is 33.3 Å². The SMILES string of the molecule is CC(=O)OCOC(=O)c1ccc(/C(Cl)=C/[C@@H]2C=C(C)C[C@H]3C[C@H](CCO)C=C[C@]32C(=O)OCOC(C)=O)cc1. The fraction of sp³-hybridized carbons (Fsp3) is 0.448. The molecular weight excluding hydrogens is 528 g/mol. The number of benzene rings is 1. The Morgan fingerprint density at radius 3 is 2.23 bits per heavy atom. The maximum absolute atomic E-state index is 13.6. The first-order valence-corrected chi connectivity index (χ1v) is 13.0. The van der Waals surface area contributed by atoms with Gasteiger partial charge in [0.15, 0.2) is 0 Å². The van der Waals surface area contributed by atoms with Gasteiger partial charge >= 0.3 is 23.9 Å². The third-order valence-electron chi connectivity index (χ3n) is 6.97. The molecule has 0 fully saturated rings. The summed E-state index contributed by atoms with van der Waals surface area (Å²) >= 11 is 6.74. The summed E-state index contributed by atoms with van der Waals surface area (Å²) in [7, 11) is 0. The fourth-order valence-electron chi connectivity index (χ4n) is 5.10. The van der Waals surface area contributed by atoms with Crippen molar-refractivity contribution in [2.24, 2.45) is 23.2 Å². The van der Waals surface area contributed by atoms with E-state index in [0.29, 0.717) is 29.9 Å². The van der Waals surface area contributed by atoms with Gasteiger partial charge in [-0.15, -0.1) is 0 Å². The summed E-state index contributed by atoms with van der Waals surface area (Å²) in [5.74, 6) is -2.76. The maximum atomic E-state index is 13.6. The molecule has 0 unspecified atom stereocenters. The van der Waals surface area contributed by atoms with E-state index in [1.54, 1.807) is 18.2 Å². The molecule has 0 aromatic heterocycles. The van der Waals surface area contributed by atoms with Gasteiger partial charge in [-0.25, -0.2) is 4.79 Å². The highest BCUT2D eigenvalue weighted by Gasteiger charge is 2.53. The lowest BCUT2D eigenvalue weighted by atomic mass is 9.56. The second-order valence-corrected chi connectivity index (χ2v) is 10.1. The molecule has 2 aliphatic rings. The smallest absolute Gasteiger partial charge is 0.340 e. The molecule has 0 amide bonds. The number of carbonyl (C=O) groups is 4. The summed E-state index contributed by atoms with van der Waals surface area (Å²) < 4.78 is 19.8. The fourth-order valence-corrected chi connectivity index (χ4v) is 5.37. The lowest BCUT2D eigenvalue weighted by Gasteiger charge is -2.47. The average Bonchev–Trinajstić information content (AvgIpc) is 2.88. The molecule has 0 aliphatic heterocycles. The van der Waals surface area contributed by atoms with E-state index in [1.165, 1.54) is 26.0 Å². The molecule has 0 bridgehead atoms. The van der Waals surface area contributed by atoms with Crippen LogP contribution in [0.15, 0.2) is 54.1 Å². The molecule has 3 rings (SSSR count). The standard InChI is InChI=1S/C29H33ClO9/c1-18-12-24-14-21(9-11-31)8-10-29(24,28(35)39-17-37-20(3)33)25(13-18)15-26(30)22-4-6-23(7-5-22)27(34)38-16-36-19(2)32/h4-8,10,13,15,21,24-25,31H,9,11-12,14,16-17H2,1-3H3/b26-15-/t21-,24-,25-,29-/m0/s1. The van der Waals surface area contributed by atoms with Gasteiger partial charge in [-0.05, 0) is 55.7 Å². The number of ether oxygens (including phenoxy) is 4. The molecule has 1 aromatic rings. The molecule has 1 N–H and O–H groups in total. The first kappa shape index (κ1) is 30.1. The molecular formula is C29H33ClO9. The molecule has 0 spiro atoms. The molecule has 0 saturated carbocycles. The van der Waals surface area contributed by atoms with Gasteiger partial charge in [0.2, 0.25) is 13.6 Å². The molecule has 0 saturated heterocycles. The van der Waals surface area contributed by atoms with Crippen molar-refractivity contribution in [3.63, 3.8) is 0 Å². The van der Waals surface area contributed by atoms with Crippen LogP contribution >= 0.6 is 11.6 Å². The van der Waals surface area contributed by atoms with Crippen molar-refractivity contribution < 1.29 is 43.2 Å². The van der Waals surface area contributed by atoms with E-state index in [1.807, 2.05) is 25.2 Å². The highest BCUT2D eigenvalue weighted by molar-refractivity contribution is 6.48. The van der Waals surface area contributed by atoms with Gasteiger partial charge < -0.3 is 24.1 Å². The Morgan fingerprint density at radius 2 is 1.62 bits per heavy atom. The predicted octanol–water partition coefficient (Wildman–Crippen LogP) is 4.53. The van der Waals surface area contributed by atoms with Gasteiger partial charge in [0.25, 0.3) is 0 Å². The minimum absolute atomic E-state index is 0.0445. The van der Waals surface area contributed by atoms with Gasteiger partial charge in [0.05, 0.1) is 11.0 Å². The van der Waals surface area contributed by atoms with Crippen LogP contribution in [0.5, 0.6) is 0 Å². The monoisotopic (exact) mass is 560 g/mol. The summed E-state index contributed by atoms with van der Waals surface area (Å²) in [6, 6.07) is 6.38. The highest BCUT2D eigenvalue weighted by atomic mass is 35.5. The Hall–Kier alpha value is -3.43. The number of rotatable bonds is 10. The van der Waals surface area contributed by atoms with Crippen molar-refractivity contribution >= 4 is 40.5 Å². The van der Waals surface area contributed by atoms with Crippen LogP contribution in [0.1, 0.15) is 56.0 Å². The van der Waals surface area contributed by atoms with Crippen LogP contribution in [0.25, 0.3) is 5.03 Å². The number of esters is 4. The van der Waals surface area contributed by atoms with Crippen LogP contribution in [0.4, 0.5) is 0 Å². The second-order valence-electron chi connectivity index (χ2n) is 9.70. The van der Waals surface area contributed by atoms with Crippen LogP contribution in [0, 0.1) is 23.2 Å². The van der Waals surface area contributed by atoms with Crippen molar-refractivity contribution in [3.8, 4) is 0 Å². The molecule has 39 heavy (non-hydrogen) atoms. The Balaban J connectivity index is 1.90. The third-order valence-corrected chi connectivity index (χ3v) is 7.32. The number of hydrogen-bond acceptors (Lipinski definition) is 9. The normalized spacial score (nSPS) is 24.2. The maximum Gasteiger partial charge on any atom is 0.340 e. The van der Waals surface area contributed by atoms with Crippen LogP contribution in [0.3, 0.4) is 0 Å². The van der Waals surface area contributed by atoms with Gasteiger partial charge in [-0.2, -0.15) is 0 Å². The molecule has 0 heterocycles. The molecule has 0 radical (unpaired) electrons. The van der Waals surface area contributed by atoms with E-state index >= 15 is 0 Å². The predicted molar refractivity (Wildman–Crippen MR) is 142 cm³/mol.